The number of urea groups is 1. The van der Waals surface area contributed by atoms with Gasteiger partial charge < -0.3 is 20.1 Å². The molecule has 0 bridgehead atoms. The molecule has 3 aromatic rings. The van der Waals surface area contributed by atoms with Gasteiger partial charge >= 0.3 is 12.2 Å². The van der Waals surface area contributed by atoms with E-state index in [1.165, 1.54) is 10.6 Å². The van der Waals surface area contributed by atoms with E-state index in [4.69, 9.17) is 9.47 Å². The van der Waals surface area contributed by atoms with Crippen LogP contribution in [0.15, 0.2) is 36.5 Å². The van der Waals surface area contributed by atoms with Crippen LogP contribution >= 0.6 is 0 Å². The number of pyridine rings is 1. The van der Waals surface area contributed by atoms with Crippen molar-refractivity contribution in [3.8, 4) is 11.5 Å². The lowest BCUT2D eigenvalue weighted by atomic mass is 10.2. The first kappa shape index (κ1) is 17.9. The van der Waals surface area contributed by atoms with E-state index in [0.717, 1.165) is 17.7 Å². The first-order valence-electron chi connectivity index (χ1n) is 8.21. The van der Waals surface area contributed by atoms with Crippen LogP contribution in [0.2, 0.25) is 0 Å². The van der Waals surface area contributed by atoms with E-state index in [1.54, 1.807) is 18.2 Å². The van der Waals surface area contributed by atoms with Crippen molar-refractivity contribution in [1.82, 2.24) is 25.2 Å². The van der Waals surface area contributed by atoms with Crippen LogP contribution in [0.4, 0.5) is 18.0 Å². The maximum Gasteiger partial charge on any atom is 0.416 e. The summed E-state index contributed by atoms with van der Waals surface area (Å²) >= 11 is 0. The summed E-state index contributed by atoms with van der Waals surface area (Å²) in [5.74, 6) is 1.58. The summed E-state index contributed by atoms with van der Waals surface area (Å²) in [6, 6.07) is 6.71. The number of benzene rings is 1. The maximum absolute atomic E-state index is 12.7. The molecule has 8 nitrogen and oxygen atoms in total. The van der Waals surface area contributed by atoms with Gasteiger partial charge in [-0.2, -0.15) is 13.2 Å². The molecule has 0 atom stereocenters. The Kier molecular flexibility index (Phi) is 4.41. The number of hydrogen-bond donors (Lipinski definition) is 2. The minimum Gasteiger partial charge on any atom is -0.454 e. The number of carbonyl (C=O) groups excluding carboxylic acids is 1. The van der Waals surface area contributed by atoms with Gasteiger partial charge in [-0.3, -0.25) is 4.40 Å². The molecule has 0 unspecified atom stereocenters. The Morgan fingerprint density at radius 2 is 1.86 bits per heavy atom. The molecule has 0 aliphatic carbocycles. The lowest BCUT2D eigenvalue weighted by molar-refractivity contribution is -0.137. The van der Waals surface area contributed by atoms with Gasteiger partial charge in [-0.25, -0.2) is 4.79 Å². The van der Waals surface area contributed by atoms with Gasteiger partial charge in [0.1, 0.15) is 0 Å². The van der Waals surface area contributed by atoms with Crippen molar-refractivity contribution in [2.75, 3.05) is 6.79 Å². The number of hydrogen-bond acceptors (Lipinski definition) is 5. The Morgan fingerprint density at radius 1 is 1.07 bits per heavy atom. The molecule has 2 N–H and O–H groups in total. The van der Waals surface area contributed by atoms with Gasteiger partial charge in [-0.15, -0.1) is 10.2 Å². The molecule has 0 saturated carbocycles. The number of nitrogens with one attached hydrogen (secondary N) is 2. The van der Waals surface area contributed by atoms with Crippen LogP contribution in [0.1, 0.15) is 17.0 Å². The number of halogens is 3. The number of fused-ring (bicyclic) bond motifs is 2. The molecule has 0 spiro atoms. The summed E-state index contributed by atoms with van der Waals surface area (Å²) in [5.41, 5.74) is 0.0628. The largest absolute Gasteiger partial charge is 0.454 e. The molecule has 4 rings (SSSR count). The number of amides is 2. The van der Waals surface area contributed by atoms with Crippen molar-refractivity contribution in [3.63, 3.8) is 0 Å². The predicted molar refractivity (Wildman–Crippen MR) is 89.6 cm³/mol. The SMILES string of the molecule is O=C(NCc1ccc2c(c1)OCO2)NCc1nnc2cc(C(F)(F)F)ccn12. The van der Waals surface area contributed by atoms with Crippen LogP contribution in [0.5, 0.6) is 11.5 Å². The molecule has 0 fully saturated rings. The van der Waals surface area contributed by atoms with E-state index >= 15 is 0 Å². The van der Waals surface area contributed by atoms with Gasteiger partial charge in [-0.1, -0.05) is 6.07 Å². The number of rotatable bonds is 4. The second-order valence-corrected chi connectivity index (χ2v) is 5.98. The van der Waals surface area contributed by atoms with E-state index < -0.39 is 17.8 Å². The molecule has 28 heavy (non-hydrogen) atoms. The van der Waals surface area contributed by atoms with Crippen molar-refractivity contribution in [2.24, 2.45) is 0 Å². The second kappa shape index (κ2) is 6.91. The highest BCUT2D eigenvalue weighted by Gasteiger charge is 2.31. The van der Waals surface area contributed by atoms with E-state index in [2.05, 4.69) is 20.8 Å². The highest BCUT2D eigenvalue weighted by molar-refractivity contribution is 5.73. The zero-order chi connectivity index (χ0) is 19.7. The van der Waals surface area contributed by atoms with Crippen LogP contribution in [-0.2, 0) is 19.3 Å². The quantitative estimate of drug-likeness (QED) is 0.711. The summed E-state index contributed by atoms with van der Waals surface area (Å²) in [7, 11) is 0. The summed E-state index contributed by atoms with van der Waals surface area (Å²) in [6.45, 7) is 0.432. The Labute approximate surface area is 156 Å². The normalized spacial score (nSPS) is 13.0. The van der Waals surface area contributed by atoms with E-state index in [-0.39, 0.29) is 25.5 Å². The maximum atomic E-state index is 12.7. The zero-order valence-corrected chi connectivity index (χ0v) is 14.3. The van der Waals surface area contributed by atoms with E-state index in [9.17, 15) is 18.0 Å². The first-order chi connectivity index (χ1) is 13.4. The van der Waals surface area contributed by atoms with Crippen molar-refractivity contribution in [3.05, 3.63) is 53.5 Å². The molecule has 2 amide bonds. The van der Waals surface area contributed by atoms with Gasteiger partial charge in [0.25, 0.3) is 0 Å². The highest BCUT2D eigenvalue weighted by Crippen LogP contribution is 2.32. The van der Waals surface area contributed by atoms with Crippen LogP contribution < -0.4 is 20.1 Å². The van der Waals surface area contributed by atoms with Gasteiger partial charge in [0.05, 0.1) is 12.1 Å². The van der Waals surface area contributed by atoms with Gasteiger partial charge in [-0.05, 0) is 29.8 Å². The summed E-state index contributed by atoms with van der Waals surface area (Å²) in [5, 5.41) is 12.8. The fourth-order valence-electron chi connectivity index (χ4n) is 2.69. The second-order valence-electron chi connectivity index (χ2n) is 5.98. The number of nitrogens with zero attached hydrogens (tertiary/aromatic N) is 3. The molecule has 146 valence electrons. The first-order valence-corrected chi connectivity index (χ1v) is 8.21. The molecular weight excluding hydrogens is 379 g/mol. The fraction of sp³-hybridized carbons (Fsp3) is 0.235. The molecule has 1 aliphatic heterocycles. The minimum absolute atomic E-state index is 0.000493. The Balaban J connectivity index is 1.34. The standard InChI is InChI=1S/C17H14F3N5O3/c18-17(19,20)11-3-4-25-14(6-11)23-24-15(25)8-22-16(26)21-7-10-1-2-12-13(5-10)28-9-27-12/h1-6H,7-9H2,(H2,21,22,26). The molecule has 0 saturated heterocycles. The fourth-order valence-corrected chi connectivity index (χ4v) is 2.69. The van der Waals surface area contributed by atoms with Crippen molar-refractivity contribution in [2.45, 2.75) is 19.3 Å². The van der Waals surface area contributed by atoms with E-state index in [0.29, 0.717) is 17.3 Å². The van der Waals surface area contributed by atoms with Crippen LogP contribution in [-0.4, -0.2) is 27.4 Å². The highest BCUT2D eigenvalue weighted by atomic mass is 19.4. The molecule has 1 aromatic carbocycles. The topological polar surface area (TPSA) is 89.8 Å². The Bertz CT molecular complexity index is 1030. The number of carbonyl (C=O) groups is 1. The molecule has 2 aromatic heterocycles. The molecular formula is C17H14F3N5O3. The summed E-state index contributed by atoms with van der Waals surface area (Å²) in [6.07, 6.45) is -3.24. The average Bonchev–Trinajstić information content (AvgIpc) is 3.29. The van der Waals surface area contributed by atoms with Gasteiger partial charge in [0, 0.05) is 12.7 Å². The van der Waals surface area contributed by atoms with Crippen LogP contribution in [0, 0.1) is 0 Å². The summed E-state index contributed by atoms with van der Waals surface area (Å²) < 4.78 is 50.1. The number of ether oxygens (including phenoxy) is 2. The molecule has 11 heteroatoms. The van der Waals surface area contributed by atoms with E-state index in [1.807, 2.05) is 0 Å². The Morgan fingerprint density at radius 3 is 2.68 bits per heavy atom. The minimum atomic E-state index is -4.46. The zero-order valence-electron chi connectivity index (χ0n) is 14.3. The monoisotopic (exact) mass is 393 g/mol. The van der Waals surface area contributed by atoms with Gasteiger partial charge in [0.2, 0.25) is 6.79 Å². The Hall–Kier alpha value is -3.50. The van der Waals surface area contributed by atoms with Crippen LogP contribution in [0.3, 0.4) is 0 Å². The van der Waals surface area contributed by atoms with Crippen molar-refractivity contribution >= 4 is 11.7 Å². The molecule has 0 radical (unpaired) electrons. The third-order valence-corrected chi connectivity index (χ3v) is 4.10. The molecule has 3 heterocycles. The third kappa shape index (κ3) is 3.63. The lowest BCUT2D eigenvalue weighted by Gasteiger charge is -2.08. The average molecular weight is 393 g/mol. The third-order valence-electron chi connectivity index (χ3n) is 4.10. The van der Waals surface area contributed by atoms with Gasteiger partial charge in [0.15, 0.2) is 23.0 Å². The van der Waals surface area contributed by atoms with Crippen molar-refractivity contribution < 1.29 is 27.4 Å². The van der Waals surface area contributed by atoms with Crippen molar-refractivity contribution in [1.29, 1.82) is 0 Å². The summed E-state index contributed by atoms with van der Waals surface area (Å²) in [4.78, 5) is 12.0. The smallest absolute Gasteiger partial charge is 0.416 e. The number of alkyl halides is 3. The molecule has 1 aliphatic rings. The number of aromatic nitrogens is 3. The van der Waals surface area contributed by atoms with Crippen LogP contribution in [0.25, 0.3) is 5.65 Å². The lowest BCUT2D eigenvalue weighted by Crippen LogP contribution is -2.35. The predicted octanol–water partition coefficient (Wildman–Crippen LogP) is 2.48.